The van der Waals surface area contributed by atoms with E-state index < -0.39 is 18.1 Å². The summed E-state index contributed by atoms with van der Waals surface area (Å²) >= 11 is 0. The second kappa shape index (κ2) is 17.5. The highest BCUT2D eigenvalue weighted by Gasteiger charge is 2.33. The summed E-state index contributed by atoms with van der Waals surface area (Å²) in [5, 5.41) is 14.5. The van der Waals surface area contributed by atoms with Gasteiger partial charge in [-0.1, -0.05) is 97.8 Å². The van der Waals surface area contributed by atoms with Gasteiger partial charge in [0.15, 0.2) is 0 Å². The van der Waals surface area contributed by atoms with Crippen LogP contribution in [-0.4, -0.2) is 49.6 Å². The van der Waals surface area contributed by atoms with Gasteiger partial charge in [0, 0.05) is 6.42 Å². The van der Waals surface area contributed by atoms with Gasteiger partial charge in [0.2, 0.25) is 5.91 Å². The number of carboxylic acids is 1. The van der Waals surface area contributed by atoms with Gasteiger partial charge in [-0.15, -0.1) is 0 Å². The standard InChI is InChI=1S/C26H52N2O3/c1-7-23(25(26(30)31)28(4,5)6)27-24(29)21-19-17-15-13-11-9-8-10-12-14-16-18-20-22(2)3/h22-23,25H,7-21H2,1-6H3,(H-,27,29,30,31). The van der Waals surface area contributed by atoms with Gasteiger partial charge in [-0.3, -0.25) is 4.79 Å². The maximum Gasteiger partial charge on any atom is 0.220 e. The first-order valence-electron chi connectivity index (χ1n) is 12.9. The van der Waals surface area contributed by atoms with Crippen LogP contribution in [-0.2, 0) is 9.59 Å². The summed E-state index contributed by atoms with van der Waals surface area (Å²) in [4.78, 5) is 23.8. The number of nitrogens with one attached hydrogen (secondary N) is 1. The van der Waals surface area contributed by atoms with Gasteiger partial charge in [0.05, 0.1) is 27.2 Å². The number of quaternary nitrogens is 1. The largest absolute Gasteiger partial charge is 0.544 e. The Morgan fingerprint density at radius 3 is 1.55 bits per heavy atom. The molecule has 0 aliphatic carbocycles. The third kappa shape index (κ3) is 16.2. The van der Waals surface area contributed by atoms with Gasteiger partial charge >= 0.3 is 0 Å². The van der Waals surface area contributed by atoms with Crippen LogP contribution in [0, 0.1) is 5.92 Å². The van der Waals surface area contributed by atoms with E-state index in [0.29, 0.717) is 12.8 Å². The number of carbonyl (C=O) groups is 2. The van der Waals surface area contributed by atoms with Crippen LogP contribution in [0.15, 0.2) is 0 Å². The minimum atomic E-state index is -1.11. The Labute approximate surface area is 192 Å². The van der Waals surface area contributed by atoms with Crippen molar-refractivity contribution in [2.75, 3.05) is 21.1 Å². The molecule has 5 heteroatoms. The van der Waals surface area contributed by atoms with Crippen molar-refractivity contribution in [3.05, 3.63) is 0 Å². The lowest BCUT2D eigenvalue weighted by atomic mass is 10.0. The molecule has 184 valence electrons. The number of carbonyl (C=O) groups excluding carboxylic acids is 2. The number of carboxylic acid groups (broad SMARTS) is 1. The second-order valence-electron chi connectivity index (χ2n) is 10.6. The molecule has 0 spiro atoms. The van der Waals surface area contributed by atoms with Crippen molar-refractivity contribution < 1.29 is 19.2 Å². The zero-order valence-electron chi connectivity index (χ0n) is 21.5. The van der Waals surface area contributed by atoms with Crippen LogP contribution in [0.2, 0.25) is 0 Å². The molecule has 0 radical (unpaired) electrons. The van der Waals surface area contributed by atoms with Crippen LogP contribution in [0.5, 0.6) is 0 Å². The van der Waals surface area contributed by atoms with Gasteiger partial charge in [-0.2, -0.15) is 0 Å². The number of hydrogen-bond donors (Lipinski definition) is 1. The molecule has 1 N–H and O–H groups in total. The second-order valence-corrected chi connectivity index (χ2v) is 10.6. The number of aliphatic carboxylic acids is 1. The van der Waals surface area contributed by atoms with Crippen LogP contribution in [0.1, 0.15) is 117 Å². The summed E-state index contributed by atoms with van der Waals surface area (Å²) in [5.74, 6) is -0.303. The van der Waals surface area contributed by atoms with E-state index in [9.17, 15) is 14.7 Å². The molecule has 0 aromatic rings. The lowest BCUT2D eigenvalue weighted by Gasteiger charge is -2.39. The molecule has 0 aliphatic rings. The first-order valence-corrected chi connectivity index (χ1v) is 12.9. The Kier molecular flexibility index (Phi) is 16.8. The van der Waals surface area contributed by atoms with E-state index in [2.05, 4.69) is 19.2 Å². The number of amides is 1. The van der Waals surface area contributed by atoms with Crippen molar-refractivity contribution in [3.8, 4) is 0 Å². The Hall–Kier alpha value is -1.10. The number of nitrogens with zero attached hydrogens (tertiary/aromatic N) is 1. The van der Waals surface area contributed by atoms with E-state index in [4.69, 9.17) is 0 Å². The molecule has 2 atom stereocenters. The third-order valence-electron chi connectivity index (χ3n) is 6.18. The van der Waals surface area contributed by atoms with E-state index in [1.165, 1.54) is 70.6 Å². The lowest BCUT2D eigenvalue weighted by Crippen LogP contribution is -2.64. The highest BCUT2D eigenvalue weighted by atomic mass is 16.4. The van der Waals surface area contributed by atoms with Crippen molar-refractivity contribution >= 4 is 11.9 Å². The predicted molar refractivity (Wildman–Crippen MR) is 129 cm³/mol. The zero-order valence-corrected chi connectivity index (χ0v) is 21.5. The Bertz CT molecular complexity index is 472. The third-order valence-corrected chi connectivity index (χ3v) is 6.18. The monoisotopic (exact) mass is 440 g/mol. The first-order chi connectivity index (χ1) is 14.6. The van der Waals surface area contributed by atoms with Crippen LogP contribution in [0.4, 0.5) is 0 Å². The van der Waals surface area contributed by atoms with E-state index in [1.807, 2.05) is 28.1 Å². The number of rotatable bonds is 20. The van der Waals surface area contributed by atoms with Gasteiger partial charge < -0.3 is 19.7 Å². The fraction of sp³-hybridized carbons (Fsp3) is 0.923. The maximum atomic E-state index is 12.3. The topological polar surface area (TPSA) is 69.2 Å². The fourth-order valence-corrected chi connectivity index (χ4v) is 4.31. The van der Waals surface area contributed by atoms with E-state index >= 15 is 0 Å². The molecule has 0 aromatic heterocycles. The molecule has 0 rings (SSSR count). The van der Waals surface area contributed by atoms with Crippen molar-refractivity contribution in [1.29, 1.82) is 0 Å². The van der Waals surface area contributed by atoms with Gasteiger partial charge in [0.1, 0.15) is 12.0 Å². The predicted octanol–water partition coefficient (Wildman–Crippen LogP) is 4.82. The van der Waals surface area contributed by atoms with Crippen molar-refractivity contribution in [2.24, 2.45) is 5.92 Å². The summed E-state index contributed by atoms with van der Waals surface area (Å²) in [6, 6.07) is -1.14. The molecule has 2 unspecified atom stereocenters. The minimum absolute atomic E-state index is 0.0417. The normalized spacial score (nSPS) is 13.9. The summed E-state index contributed by atoms with van der Waals surface area (Å²) in [5.41, 5.74) is 0. The minimum Gasteiger partial charge on any atom is -0.544 e. The van der Waals surface area contributed by atoms with Crippen molar-refractivity contribution in [2.45, 2.75) is 129 Å². The fourth-order valence-electron chi connectivity index (χ4n) is 4.31. The molecule has 0 saturated carbocycles. The van der Waals surface area contributed by atoms with Crippen LogP contribution >= 0.6 is 0 Å². The summed E-state index contributed by atoms with van der Waals surface area (Å²) in [6.07, 6.45) is 17.7. The number of unbranched alkanes of at least 4 members (excludes halogenated alkanes) is 11. The van der Waals surface area contributed by atoms with Crippen LogP contribution in [0.3, 0.4) is 0 Å². The highest BCUT2D eigenvalue weighted by Crippen LogP contribution is 2.15. The van der Waals surface area contributed by atoms with Gasteiger partial charge in [0.25, 0.3) is 0 Å². The quantitative estimate of drug-likeness (QED) is 0.218. The lowest BCUT2D eigenvalue weighted by molar-refractivity contribution is -0.890. The molecular weight excluding hydrogens is 388 g/mol. The molecule has 31 heavy (non-hydrogen) atoms. The summed E-state index contributed by atoms with van der Waals surface area (Å²) < 4.78 is 0.235. The SMILES string of the molecule is CCC(NC(=O)CCCCCCCCCCCCCCC(C)C)C(C(=O)[O-])[N+](C)(C)C. The van der Waals surface area contributed by atoms with Crippen LogP contribution in [0.25, 0.3) is 0 Å². The van der Waals surface area contributed by atoms with Crippen molar-refractivity contribution in [1.82, 2.24) is 5.32 Å². The summed E-state index contributed by atoms with van der Waals surface area (Å²) in [7, 11) is 5.47. The Balaban J connectivity index is 3.72. The number of hydrogen-bond acceptors (Lipinski definition) is 3. The van der Waals surface area contributed by atoms with Gasteiger partial charge in [-0.05, 0) is 18.8 Å². The van der Waals surface area contributed by atoms with Gasteiger partial charge in [-0.25, -0.2) is 0 Å². The van der Waals surface area contributed by atoms with Crippen molar-refractivity contribution in [3.63, 3.8) is 0 Å². The maximum absolute atomic E-state index is 12.3. The Morgan fingerprint density at radius 1 is 0.774 bits per heavy atom. The van der Waals surface area contributed by atoms with E-state index in [1.54, 1.807) is 0 Å². The average molecular weight is 441 g/mol. The molecule has 0 bridgehead atoms. The average Bonchev–Trinajstić information content (AvgIpc) is 2.65. The van der Waals surface area contributed by atoms with Crippen LogP contribution < -0.4 is 10.4 Å². The molecular formula is C26H52N2O3. The highest BCUT2D eigenvalue weighted by molar-refractivity contribution is 5.78. The smallest absolute Gasteiger partial charge is 0.220 e. The number of likely N-dealkylation sites (N-methyl/N-ethyl adjacent to an activating group) is 1. The molecule has 5 nitrogen and oxygen atoms in total. The Morgan fingerprint density at radius 2 is 1.19 bits per heavy atom. The summed E-state index contributed by atoms with van der Waals surface area (Å²) in [6.45, 7) is 6.51. The molecule has 0 saturated heterocycles. The van der Waals surface area contributed by atoms with E-state index in [0.717, 1.165) is 18.8 Å². The molecule has 0 aromatic carbocycles. The molecule has 0 aliphatic heterocycles. The molecule has 0 fully saturated rings. The molecule has 1 amide bonds. The molecule has 0 heterocycles. The first kappa shape index (κ1) is 29.9. The zero-order chi connectivity index (χ0) is 23.7. The van der Waals surface area contributed by atoms with E-state index in [-0.39, 0.29) is 10.4 Å².